The first-order chi connectivity index (χ1) is 5.74. The van der Waals surface area contributed by atoms with Gasteiger partial charge in [-0.05, 0) is 18.8 Å². The largest absolute Gasteiger partial charge is 0.356 e. The molecule has 0 aliphatic heterocycles. The molecular weight excluding hydrogens is 152 g/mol. The van der Waals surface area contributed by atoms with E-state index in [4.69, 9.17) is 9.47 Å². The van der Waals surface area contributed by atoms with Crippen LogP contribution in [-0.2, 0) is 9.47 Å². The summed E-state index contributed by atoms with van der Waals surface area (Å²) in [6, 6.07) is 0. The predicted molar refractivity (Wildman–Crippen MR) is 51.0 cm³/mol. The Balaban J connectivity index is 3.50. The molecule has 0 N–H and O–H groups in total. The van der Waals surface area contributed by atoms with Crippen LogP contribution in [0.15, 0.2) is 12.7 Å². The van der Waals surface area contributed by atoms with Gasteiger partial charge < -0.3 is 9.47 Å². The third-order valence-electron chi connectivity index (χ3n) is 1.98. The van der Waals surface area contributed by atoms with Crippen molar-refractivity contribution < 1.29 is 9.47 Å². The summed E-state index contributed by atoms with van der Waals surface area (Å²) in [5, 5.41) is 0. The topological polar surface area (TPSA) is 18.5 Å². The standard InChI is InChI=1S/C10H20O2/c1-5-6-7-9(2)8-10(11-3)12-4/h5,9-10H,1,6-8H2,2-4H3. The Morgan fingerprint density at radius 3 is 2.33 bits per heavy atom. The molecule has 0 spiro atoms. The molecule has 0 amide bonds. The first kappa shape index (κ1) is 11.7. The van der Waals surface area contributed by atoms with Crippen LogP contribution in [0, 0.1) is 5.92 Å². The molecular formula is C10H20O2. The van der Waals surface area contributed by atoms with Gasteiger partial charge in [-0.2, -0.15) is 0 Å². The van der Waals surface area contributed by atoms with Gasteiger partial charge in [0.15, 0.2) is 6.29 Å². The van der Waals surface area contributed by atoms with Gasteiger partial charge in [0.1, 0.15) is 0 Å². The van der Waals surface area contributed by atoms with E-state index < -0.39 is 0 Å². The maximum Gasteiger partial charge on any atom is 0.157 e. The molecule has 1 atom stereocenters. The second-order valence-corrected chi connectivity index (χ2v) is 3.11. The lowest BCUT2D eigenvalue weighted by molar-refractivity contribution is -0.113. The normalized spacial score (nSPS) is 13.3. The van der Waals surface area contributed by atoms with E-state index >= 15 is 0 Å². The van der Waals surface area contributed by atoms with Crippen molar-refractivity contribution in [1.82, 2.24) is 0 Å². The Morgan fingerprint density at radius 1 is 1.33 bits per heavy atom. The highest BCUT2D eigenvalue weighted by molar-refractivity contribution is 4.68. The van der Waals surface area contributed by atoms with E-state index in [0.29, 0.717) is 5.92 Å². The molecule has 0 heterocycles. The fraction of sp³-hybridized carbons (Fsp3) is 0.800. The molecule has 0 aromatic carbocycles. The molecule has 0 saturated heterocycles. The third kappa shape index (κ3) is 5.33. The Kier molecular flexibility index (Phi) is 7.11. The summed E-state index contributed by atoms with van der Waals surface area (Å²) in [5.74, 6) is 0.632. The van der Waals surface area contributed by atoms with Gasteiger partial charge in [0.2, 0.25) is 0 Å². The van der Waals surface area contributed by atoms with Crippen molar-refractivity contribution in [2.24, 2.45) is 5.92 Å². The Bertz CT molecular complexity index is 108. The van der Waals surface area contributed by atoms with Gasteiger partial charge in [-0.15, -0.1) is 6.58 Å². The van der Waals surface area contributed by atoms with E-state index in [1.807, 2.05) is 6.08 Å². The summed E-state index contributed by atoms with van der Waals surface area (Å²) in [4.78, 5) is 0. The average Bonchev–Trinajstić information content (AvgIpc) is 2.10. The monoisotopic (exact) mass is 172 g/mol. The van der Waals surface area contributed by atoms with Crippen LogP contribution in [0.5, 0.6) is 0 Å². The van der Waals surface area contributed by atoms with E-state index in [0.717, 1.165) is 19.3 Å². The zero-order valence-corrected chi connectivity index (χ0v) is 8.38. The van der Waals surface area contributed by atoms with E-state index in [2.05, 4.69) is 13.5 Å². The maximum atomic E-state index is 5.10. The Labute approximate surface area is 75.6 Å². The summed E-state index contributed by atoms with van der Waals surface area (Å²) in [7, 11) is 3.35. The van der Waals surface area contributed by atoms with E-state index in [9.17, 15) is 0 Å². The van der Waals surface area contributed by atoms with E-state index in [1.165, 1.54) is 0 Å². The molecule has 2 nitrogen and oxygen atoms in total. The smallest absolute Gasteiger partial charge is 0.157 e. The highest BCUT2D eigenvalue weighted by Gasteiger charge is 2.10. The fourth-order valence-corrected chi connectivity index (χ4v) is 1.14. The van der Waals surface area contributed by atoms with Gasteiger partial charge in [0.05, 0.1) is 0 Å². The van der Waals surface area contributed by atoms with Crippen LogP contribution in [-0.4, -0.2) is 20.5 Å². The van der Waals surface area contributed by atoms with Crippen LogP contribution >= 0.6 is 0 Å². The lowest BCUT2D eigenvalue weighted by Gasteiger charge is -2.17. The number of methoxy groups -OCH3 is 2. The Morgan fingerprint density at radius 2 is 1.92 bits per heavy atom. The van der Waals surface area contributed by atoms with Crippen molar-refractivity contribution in [3.05, 3.63) is 12.7 Å². The van der Waals surface area contributed by atoms with Gasteiger partial charge in [-0.1, -0.05) is 13.0 Å². The summed E-state index contributed by atoms with van der Waals surface area (Å²) < 4.78 is 10.2. The molecule has 0 saturated carbocycles. The molecule has 1 unspecified atom stereocenters. The molecule has 0 aliphatic carbocycles. The van der Waals surface area contributed by atoms with Gasteiger partial charge in [-0.3, -0.25) is 0 Å². The lowest BCUT2D eigenvalue weighted by atomic mass is 10.0. The van der Waals surface area contributed by atoms with Gasteiger partial charge >= 0.3 is 0 Å². The SMILES string of the molecule is C=CCCC(C)CC(OC)OC. The number of hydrogen-bond donors (Lipinski definition) is 0. The Hall–Kier alpha value is -0.340. The second-order valence-electron chi connectivity index (χ2n) is 3.11. The third-order valence-corrected chi connectivity index (χ3v) is 1.98. The molecule has 0 bridgehead atoms. The van der Waals surface area contributed by atoms with Gasteiger partial charge in [-0.25, -0.2) is 0 Å². The summed E-state index contributed by atoms with van der Waals surface area (Å²) >= 11 is 0. The van der Waals surface area contributed by atoms with Crippen LogP contribution in [0.4, 0.5) is 0 Å². The van der Waals surface area contributed by atoms with Crippen LogP contribution in [0.3, 0.4) is 0 Å². The van der Waals surface area contributed by atoms with Crippen molar-refractivity contribution in [1.29, 1.82) is 0 Å². The molecule has 0 rings (SSSR count). The predicted octanol–water partition coefficient (Wildman–Crippen LogP) is 2.60. The van der Waals surface area contributed by atoms with Crippen molar-refractivity contribution in [2.45, 2.75) is 32.5 Å². The van der Waals surface area contributed by atoms with Crippen LogP contribution in [0.25, 0.3) is 0 Å². The summed E-state index contributed by atoms with van der Waals surface area (Å²) in [6.45, 7) is 5.89. The molecule has 72 valence electrons. The molecule has 2 heteroatoms. The van der Waals surface area contributed by atoms with Gasteiger partial charge in [0, 0.05) is 20.6 Å². The van der Waals surface area contributed by atoms with Crippen molar-refractivity contribution in [2.75, 3.05) is 14.2 Å². The highest BCUT2D eigenvalue weighted by atomic mass is 16.7. The highest BCUT2D eigenvalue weighted by Crippen LogP contribution is 2.14. The maximum absolute atomic E-state index is 5.10. The number of ether oxygens (including phenoxy) is 2. The average molecular weight is 172 g/mol. The fourth-order valence-electron chi connectivity index (χ4n) is 1.14. The molecule has 0 fully saturated rings. The van der Waals surface area contributed by atoms with Crippen molar-refractivity contribution in [3.63, 3.8) is 0 Å². The summed E-state index contributed by atoms with van der Waals surface area (Å²) in [5.41, 5.74) is 0. The summed E-state index contributed by atoms with van der Waals surface area (Å²) in [6.07, 6.45) is 5.09. The second kappa shape index (κ2) is 7.32. The minimum absolute atomic E-state index is 0.0511. The van der Waals surface area contributed by atoms with Crippen LogP contribution in [0.2, 0.25) is 0 Å². The zero-order chi connectivity index (χ0) is 9.40. The molecule has 0 radical (unpaired) electrons. The van der Waals surface area contributed by atoms with Crippen molar-refractivity contribution in [3.8, 4) is 0 Å². The minimum Gasteiger partial charge on any atom is -0.356 e. The van der Waals surface area contributed by atoms with Gasteiger partial charge in [0.25, 0.3) is 0 Å². The number of hydrogen-bond acceptors (Lipinski definition) is 2. The lowest BCUT2D eigenvalue weighted by Crippen LogP contribution is -2.16. The van der Waals surface area contributed by atoms with Crippen LogP contribution < -0.4 is 0 Å². The minimum atomic E-state index is -0.0511. The zero-order valence-electron chi connectivity index (χ0n) is 8.38. The molecule has 12 heavy (non-hydrogen) atoms. The van der Waals surface area contributed by atoms with Crippen LogP contribution in [0.1, 0.15) is 26.2 Å². The number of rotatable bonds is 7. The molecule has 0 aliphatic rings. The number of allylic oxidation sites excluding steroid dienone is 1. The molecule has 0 aromatic rings. The first-order valence-corrected chi connectivity index (χ1v) is 4.41. The quantitative estimate of drug-likeness (QED) is 0.434. The van der Waals surface area contributed by atoms with E-state index in [1.54, 1.807) is 14.2 Å². The first-order valence-electron chi connectivity index (χ1n) is 4.41. The molecule has 0 aromatic heterocycles. The van der Waals surface area contributed by atoms with E-state index in [-0.39, 0.29) is 6.29 Å². The van der Waals surface area contributed by atoms with Crippen molar-refractivity contribution >= 4 is 0 Å².